The Hall–Kier alpha value is -3.14. The van der Waals surface area contributed by atoms with E-state index < -0.39 is 33.4 Å². The van der Waals surface area contributed by atoms with Crippen LogP contribution in [0.3, 0.4) is 0 Å². The lowest BCUT2D eigenvalue weighted by molar-refractivity contribution is 0.0950. The van der Waals surface area contributed by atoms with Crippen molar-refractivity contribution in [3.8, 4) is 17.4 Å². The number of aromatic nitrogens is 7. The molecule has 3 aromatic heterocycles. The molecule has 206 valence electrons. The molecule has 1 aliphatic rings. The Morgan fingerprint density at radius 2 is 1.68 bits per heavy atom. The van der Waals surface area contributed by atoms with Gasteiger partial charge in [0.2, 0.25) is 27.7 Å². The largest absolute Gasteiger partial charge is 0.479 e. The first-order chi connectivity index (χ1) is 18.2. The van der Waals surface area contributed by atoms with Crippen LogP contribution >= 0.6 is 11.6 Å². The number of hydrogen-bond acceptors (Lipinski definition) is 12. The van der Waals surface area contributed by atoms with Crippen LogP contribution in [0.2, 0.25) is 5.02 Å². The van der Waals surface area contributed by atoms with Gasteiger partial charge in [0, 0.05) is 25.4 Å². The van der Waals surface area contributed by atoms with Crippen LogP contribution < -0.4 is 14.2 Å². The van der Waals surface area contributed by atoms with Gasteiger partial charge in [-0.25, -0.2) is 18.4 Å². The van der Waals surface area contributed by atoms with E-state index in [9.17, 15) is 13.5 Å². The predicted molar refractivity (Wildman–Crippen MR) is 136 cm³/mol. The highest BCUT2D eigenvalue weighted by molar-refractivity contribution is 7.93. The van der Waals surface area contributed by atoms with Gasteiger partial charge in [-0.05, 0) is 19.8 Å². The summed E-state index contributed by atoms with van der Waals surface area (Å²) in [6, 6.07) is 0. The van der Waals surface area contributed by atoms with Crippen molar-refractivity contribution in [2.24, 2.45) is 0 Å². The van der Waals surface area contributed by atoms with Gasteiger partial charge in [-0.1, -0.05) is 24.4 Å². The number of anilines is 1. The molecule has 4 atom stereocenters. The molecule has 38 heavy (non-hydrogen) atoms. The highest BCUT2D eigenvalue weighted by Gasteiger charge is 2.37. The molecule has 1 saturated carbocycles. The number of aliphatic hydroxyl groups excluding tert-OH is 1. The molecule has 2 N–H and O–H groups in total. The quantitative estimate of drug-likeness (QED) is 0.364. The molecule has 0 bridgehead atoms. The number of methoxy groups -OCH3 is 3. The number of halogens is 1. The van der Waals surface area contributed by atoms with Crippen molar-refractivity contribution in [3.05, 3.63) is 35.4 Å². The first-order valence-electron chi connectivity index (χ1n) is 11.8. The molecule has 2 unspecified atom stereocenters. The van der Waals surface area contributed by atoms with E-state index in [0.717, 1.165) is 12.8 Å². The topological polar surface area (TPSA) is 176 Å². The molecule has 3 heterocycles. The minimum Gasteiger partial charge on any atom is -0.479 e. The summed E-state index contributed by atoms with van der Waals surface area (Å²) in [5, 5.41) is 18.3. The normalized spacial score (nSPS) is 19.5. The van der Waals surface area contributed by atoms with E-state index in [4.69, 9.17) is 25.8 Å². The van der Waals surface area contributed by atoms with E-state index in [0.29, 0.717) is 23.7 Å². The van der Waals surface area contributed by atoms with E-state index >= 15 is 0 Å². The predicted octanol–water partition coefficient (Wildman–Crippen LogP) is 2.05. The SMILES string of the molecule is COc1ncnc(OC)c1-n1c(NS(=O)(=O)[C@@H](C)[C@H](OC)c2ncc(Cl)cn2)nnc1C1CCCCC1O. The molecule has 16 heteroatoms. The standard InChI is InChI=1S/C22H29ClN8O6S/c1-12(17(35-2)18-24-9-13(23)10-25-18)38(33,34)30-22-29-28-19(14-7-5-6-8-15(14)32)31(22)16-20(36-3)26-11-27-21(16)37-4/h9-12,14-15,17,32H,5-8H2,1-4H3,(H,29,30)/t12-,14?,15?,17-/m0/s1. The van der Waals surface area contributed by atoms with Crippen LogP contribution in [-0.4, -0.2) is 80.9 Å². The van der Waals surface area contributed by atoms with Crippen LogP contribution in [-0.2, 0) is 14.8 Å². The van der Waals surface area contributed by atoms with Crippen LogP contribution in [0.5, 0.6) is 11.8 Å². The van der Waals surface area contributed by atoms with Crippen molar-refractivity contribution in [1.29, 1.82) is 0 Å². The third-order valence-corrected chi connectivity index (χ3v) is 8.30. The van der Waals surface area contributed by atoms with Crippen molar-refractivity contribution in [3.63, 3.8) is 0 Å². The zero-order chi connectivity index (χ0) is 27.4. The molecule has 0 amide bonds. The molecule has 0 aliphatic heterocycles. The maximum atomic E-state index is 13.6. The summed E-state index contributed by atoms with van der Waals surface area (Å²) in [7, 11) is -0.00443. The Balaban J connectivity index is 1.80. The molecule has 0 spiro atoms. The van der Waals surface area contributed by atoms with Crippen LogP contribution in [0, 0.1) is 0 Å². The van der Waals surface area contributed by atoms with Crippen LogP contribution in [0.25, 0.3) is 5.69 Å². The van der Waals surface area contributed by atoms with Gasteiger partial charge in [0.05, 0.1) is 25.3 Å². The fourth-order valence-corrected chi connectivity index (χ4v) is 5.66. The Morgan fingerprint density at radius 3 is 2.26 bits per heavy atom. The number of aliphatic hydroxyl groups is 1. The highest BCUT2D eigenvalue weighted by Crippen LogP contribution is 2.39. The second-order valence-corrected chi connectivity index (χ2v) is 11.2. The first-order valence-corrected chi connectivity index (χ1v) is 13.7. The molecular weight excluding hydrogens is 540 g/mol. The minimum atomic E-state index is -4.18. The van der Waals surface area contributed by atoms with Gasteiger partial charge >= 0.3 is 0 Å². The molecule has 1 fully saturated rings. The third-order valence-electron chi connectivity index (χ3n) is 6.41. The fourth-order valence-electron chi connectivity index (χ4n) is 4.43. The van der Waals surface area contributed by atoms with Crippen LogP contribution in [0.15, 0.2) is 18.7 Å². The molecule has 1 aliphatic carbocycles. The van der Waals surface area contributed by atoms with E-state index in [1.54, 1.807) is 0 Å². The van der Waals surface area contributed by atoms with Gasteiger partial charge < -0.3 is 19.3 Å². The molecule has 0 radical (unpaired) electrons. The summed E-state index contributed by atoms with van der Waals surface area (Å²) in [5.74, 6) is 0.0704. The van der Waals surface area contributed by atoms with Gasteiger partial charge in [-0.2, -0.15) is 9.97 Å². The zero-order valence-corrected chi connectivity index (χ0v) is 22.8. The maximum absolute atomic E-state index is 13.6. The summed E-state index contributed by atoms with van der Waals surface area (Å²) >= 11 is 5.88. The van der Waals surface area contributed by atoms with Crippen LogP contribution in [0.1, 0.15) is 56.3 Å². The van der Waals surface area contributed by atoms with E-state index in [2.05, 4.69) is 34.9 Å². The average molecular weight is 569 g/mol. The van der Waals surface area contributed by atoms with Crippen molar-refractivity contribution >= 4 is 27.6 Å². The first kappa shape index (κ1) is 27.9. The summed E-state index contributed by atoms with van der Waals surface area (Å²) in [5.41, 5.74) is 0.185. The smallest absolute Gasteiger partial charge is 0.245 e. The lowest BCUT2D eigenvalue weighted by Gasteiger charge is -2.28. The van der Waals surface area contributed by atoms with Crippen molar-refractivity contribution in [2.75, 3.05) is 26.1 Å². The summed E-state index contributed by atoms with van der Waals surface area (Å²) in [6.07, 6.45) is 5.18. The van der Waals surface area contributed by atoms with Crippen molar-refractivity contribution in [2.45, 2.75) is 56.0 Å². The second kappa shape index (κ2) is 11.7. The van der Waals surface area contributed by atoms with E-state index in [1.165, 1.54) is 51.5 Å². The van der Waals surface area contributed by atoms with Crippen molar-refractivity contribution < 1.29 is 27.7 Å². The van der Waals surface area contributed by atoms with Gasteiger partial charge in [0.1, 0.15) is 23.5 Å². The lowest BCUT2D eigenvalue weighted by atomic mass is 9.86. The molecular formula is C22H29ClN8O6S. The Morgan fingerprint density at radius 1 is 1.05 bits per heavy atom. The fraction of sp³-hybridized carbons (Fsp3) is 0.545. The Kier molecular flexibility index (Phi) is 8.60. The van der Waals surface area contributed by atoms with E-state index in [1.807, 2.05) is 0 Å². The number of sulfonamides is 1. The maximum Gasteiger partial charge on any atom is 0.245 e. The van der Waals surface area contributed by atoms with Crippen molar-refractivity contribution in [1.82, 2.24) is 34.7 Å². The monoisotopic (exact) mass is 568 g/mol. The summed E-state index contributed by atoms with van der Waals surface area (Å²) in [6.45, 7) is 1.45. The third kappa shape index (κ3) is 5.50. The highest BCUT2D eigenvalue weighted by atomic mass is 35.5. The molecule has 3 aromatic rings. The van der Waals surface area contributed by atoms with Gasteiger partial charge in [-0.3, -0.25) is 9.29 Å². The van der Waals surface area contributed by atoms with E-state index in [-0.39, 0.29) is 29.2 Å². The van der Waals surface area contributed by atoms with Gasteiger partial charge in [0.25, 0.3) is 0 Å². The zero-order valence-electron chi connectivity index (χ0n) is 21.3. The Bertz CT molecular complexity index is 1330. The number of rotatable bonds is 10. The molecule has 0 saturated heterocycles. The van der Waals surface area contributed by atoms with Gasteiger partial charge in [0.15, 0.2) is 11.5 Å². The Labute approximate surface area is 224 Å². The number of ether oxygens (including phenoxy) is 3. The second-order valence-electron chi connectivity index (χ2n) is 8.68. The molecule has 14 nitrogen and oxygen atoms in total. The molecule has 4 rings (SSSR count). The number of hydrogen-bond donors (Lipinski definition) is 2. The van der Waals surface area contributed by atoms with Gasteiger partial charge in [-0.15, -0.1) is 10.2 Å². The lowest BCUT2D eigenvalue weighted by Crippen LogP contribution is -2.33. The summed E-state index contributed by atoms with van der Waals surface area (Å²) in [4.78, 5) is 16.5. The minimum absolute atomic E-state index is 0.0982. The number of nitrogens with one attached hydrogen (secondary N) is 1. The molecule has 0 aromatic carbocycles. The average Bonchev–Trinajstić information content (AvgIpc) is 3.31. The summed E-state index contributed by atoms with van der Waals surface area (Å²) < 4.78 is 47.4. The van der Waals surface area contributed by atoms with Crippen LogP contribution in [0.4, 0.5) is 5.95 Å². The number of nitrogens with zero attached hydrogens (tertiary/aromatic N) is 7.